The van der Waals surface area contributed by atoms with E-state index in [2.05, 4.69) is 43.6 Å². The molecule has 0 spiro atoms. The van der Waals surface area contributed by atoms with Crippen molar-refractivity contribution in [2.75, 3.05) is 26.2 Å². The van der Waals surface area contributed by atoms with Crippen molar-refractivity contribution in [1.82, 2.24) is 29.7 Å². The molecule has 2 fully saturated rings. The fourth-order valence-electron chi connectivity index (χ4n) is 5.70. The van der Waals surface area contributed by atoms with Gasteiger partial charge in [0.1, 0.15) is 5.82 Å². The Balaban J connectivity index is 0.000000198. The molecule has 2 N–H and O–H groups in total. The summed E-state index contributed by atoms with van der Waals surface area (Å²) in [4.78, 5) is 45.1. The normalized spacial score (nSPS) is 18.9. The third-order valence-corrected chi connectivity index (χ3v) is 8.91. The minimum Gasteiger partial charge on any atom is -0.392 e. The van der Waals surface area contributed by atoms with Gasteiger partial charge < -0.3 is 20.0 Å². The lowest BCUT2D eigenvalue weighted by Crippen LogP contribution is -2.50. The number of nitrogens with zero attached hydrogens (tertiary/aromatic N) is 6. The number of aliphatic hydroxyl groups is 2. The van der Waals surface area contributed by atoms with Gasteiger partial charge in [0, 0.05) is 72.9 Å². The average molecular weight is 689 g/mol. The zero-order valence-electron chi connectivity index (χ0n) is 29.2. The molecule has 11 heteroatoms. The maximum atomic E-state index is 13.1. The van der Waals surface area contributed by atoms with Gasteiger partial charge in [-0.05, 0) is 43.2 Å². The van der Waals surface area contributed by atoms with Crippen LogP contribution < -0.4 is 0 Å². The summed E-state index contributed by atoms with van der Waals surface area (Å²) in [6, 6.07) is 15.7. The van der Waals surface area contributed by atoms with Crippen LogP contribution >= 0.6 is 0 Å². The van der Waals surface area contributed by atoms with Crippen LogP contribution in [-0.2, 0) is 0 Å². The Kier molecular flexibility index (Phi) is 11.6. The third-order valence-electron chi connectivity index (χ3n) is 8.91. The fraction of sp³-hybridized carbons (Fsp3) is 0.350. The van der Waals surface area contributed by atoms with Crippen molar-refractivity contribution in [3.05, 3.63) is 119 Å². The van der Waals surface area contributed by atoms with E-state index in [-0.39, 0.29) is 40.1 Å². The molecule has 0 saturated carbocycles. The molecule has 10 nitrogen and oxygen atoms in total. The first-order chi connectivity index (χ1) is 24.3. The molecule has 2 saturated heterocycles. The number of hydrogen-bond donors (Lipinski definition) is 2. The van der Waals surface area contributed by atoms with Gasteiger partial charge in [-0.2, -0.15) is 0 Å². The molecule has 0 radical (unpaired) electrons. The van der Waals surface area contributed by atoms with Crippen LogP contribution in [0.5, 0.6) is 0 Å². The summed E-state index contributed by atoms with van der Waals surface area (Å²) >= 11 is 0. The Labute approximate surface area is 297 Å². The summed E-state index contributed by atoms with van der Waals surface area (Å²) in [5, 5.41) is 20.0. The molecule has 0 aliphatic carbocycles. The number of carbonyl (C=O) groups excluding carboxylic acids is 2. The summed E-state index contributed by atoms with van der Waals surface area (Å²) in [5.41, 5.74) is 1.99. The predicted molar refractivity (Wildman–Crippen MR) is 189 cm³/mol. The molecule has 51 heavy (non-hydrogen) atoms. The number of likely N-dealkylation sites (tertiary alicyclic amines) is 2. The van der Waals surface area contributed by atoms with Crippen molar-refractivity contribution in [2.24, 2.45) is 10.8 Å². The van der Waals surface area contributed by atoms with Crippen molar-refractivity contribution >= 4 is 11.8 Å². The fourth-order valence-corrected chi connectivity index (χ4v) is 5.70. The van der Waals surface area contributed by atoms with E-state index in [9.17, 15) is 24.2 Å². The highest BCUT2D eigenvalue weighted by molar-refractivity contribution is 5.91. The van der Waals surface area contributed by atoms with Crippen molar-refractivity contribution in [2.45, 2.75) is 52.7 Å². The number of amides is 2. The third kappa shape index (κ3) is 9.82. The summed E-state index contributed by atoms with van der Waals surface area (Å²) in [7, 11) is 0. The SMILES string of the molecule is CC1(C)CN(C(=O)c2ncc(C#Cc3cccc(F)c3)cn2)CCC1O.CC1(C)CN(C(=O)c2ncc(C#Cc3ccccc3)cn2)CCC1O. The van der Waals surface area contributed by atoms with Crippen LogP contribution in [0.2, 0.25) is 0 Å². The maximum absolute atomic E-state index is 13.1. The Morgan fingerprint density at radius 1 is 0.647 bits per heavy atom. The Morgan fingerprint density at radius 2 is 1.06 bits per heavy atom. The van der Waals surface area contributed by atoms with Crippen molar-refractivity contribution in [3.63, 3.8) is 0 Å². The van der Waals surface area contributed by atoms with Gasteiger partial charge in [-0.1, -0.05) is 75.6 Å². The largest absolute Gasteiger partial charge is 0.392 e. The maximum Gasteiger partial charge on any atom is 0.291 e. The summed E-state index contributed by atoms with van der Waals surface area (Å²) in [6.07, 6.45) is 6.39. The molecule has 2 amide bonds. The van der Waals surface area contributed by atoms with Crippen LogP contribution in [0, 0.1) is 40.3 Å². The van der Waals surface area contributed by atoms with E-state index < -0.39 is 12.2 Å². The van der Waals surface area contributed by atoms with Crippen molar-refractivity contribution < 1.29 is 24.2 Å². The van der Waals surface area contributed by atoms with Crippen LogP contribution in [0.1, 0.15) is 84.0 Å². The minimum atomic E-state index is -0.423. The van der Waals surface area contributed by atoms with E-state index in [1.165, 1.54) is 24.5 Å². The zero-order chi connectivity index (χ0) is 36.6. The van der Waals surface area contributed by atoms with E-state index in [0.29, 0.717) is 55.7 Å². The Morgan fingerprint density at radius 3 is 1.49 bits per heavy atom. The van der Waals surface area contributed by atoms with Crippen LogP contribution in [0.15, 0.2) is 79.4 Å². The van der Waals surface area contributed by atoms with Crippen LogP contribution in [0.3, 0.4) is 0 Å². The number of hydrogen-bond acceptors (Lipinski definition) is 8. The van der Waals surface area contributed by atoms with Gasteiger partial charge >= 0.3 is 0 Å². The molecule has 262 valence electrons. The van der Waals surface area contributed by atoms with Gasteiger partial charge in [0.25, 0.3) is 11.8 Å². The van der Waals surface area contributed by atoms with E-state index in [0.717, 1.165) is 5.56 Å². The molecule has 2 atom stereocenters. The van der Waals surface area contributed by atoms with Crippen LogP contribution in [0.4, 0.5) is 4.39 Å². The van der Waals surface area contributed by atoms with Gasteiger partial charge in [-0.15, -0.1) is 0 Å². The first-order valence-electron chi connectivity index (χ1n) is 16.7. The number of benzene rings is 2. The number of aromatic nitrogens is 4. The highest BCUT2D eigenvalue weighted by Crippen LogP contribution is 2.30. The monoisotopic (exact) mass is 688 g/mol. The van der Waals surface area contributed by atoms with Gasteiger partial charge in [0.05, 0.1) is 23.3 Å². The molecule has 4 aromatic rings. The molecule has 0 bridgehead atoms. The summed E-state index contributed by atoms with van der Waals surface area (Å²) in [5.74, 6) is 11.2. The second kappa shape index (κ2) is 16.0. The summed E-state index contributed by atoms with van der Waals surface area (Å²) < 4.78 is 13.1. The summed E-state index contributed by atoms with van der Waals surface area (Å²) in [6.45, 7) is 9.73. The minimum absolute atomic E-state index is 0.105. The topological polar surface area (TPSA) is 133 Å². The molecule has 2 aromatic carbocycles. The quantitative estimate of drug-likeness (QED) is 0.297. The predicted octanol–water partition coefficient (Wildman–Crippen LogP) is 4.36. The van der Waals surface area contributed by atoms with E-state index in [1.807, 2.05) is 58.0 Å². The molecule has 2 unspecified atom stereocenters. The lowest BCUT2D eigenvalue weighted by atomic mass is 9.81. The van der Waals surface area contributed by atoms with Crippen LogP contribution in [-0.4, -0.2) is 90.2 Å². The lowest BCUT2D eigenvalue weighted by Gasteiger charge is -2.41. The molecule has 6 rings (SSSR count). The van der Waals surface area contributed by atoms with E-state index in [4.69, 9.17) is 0 Å². The molecular formula is C40H41FN6O4. The number of halogens is 1. The molecule has 4 heterocycles. The molecule has 2 aliphatic rings. The average Bonchev–Trinajstić information content (AvgIpc) is 3.12. The smallest absolute Gasteiger partial charge is 0.291 e. The highest BCUT2D eigenvalue weighted by atomic mass is 19.1. The number of piperidine rings is 2. The second-order valence-corrected chi connectivity index (χ2v) is 14.0. The van der Waals surface area contributed by atoms with Gasteiger partial charge in [-0.3, -0.25) is 9.59 Å². The lowest BCUT2D eigenvalue weighted by molar-refractivity contribution is -0.0188. The molecular weight excluding hydrogens is 647 g/mol. The van der Waals surface area contributed by atoms with Gasteiger partial charge in [0.2, 0.25) is 11.6 Å². The Bertz CT molecular complexity index is 1960. The second-order valence-electron chi connectivity index (χ2n) is 14.0. The van der Waals surface area contributed by atoms with Crippen LogP contribution in [0.25, 0.3) is 0 Å². The highest BCUT2D eigenvalue weighted by Gasteiger charge is 2.38. The molecule has 2 aromatic heterocycles. The van der Waals surface area contributed by atoms with E-state index in [1.54, 1.807) is 34.3 Å². The standard InChI is InChI=1S/C20H20FN3O2.C20H21N3O2/c1-20(2)13-24(9-8-17(20)25)19(26)18-22-11-15(12-23-18)7-6-14-4-3-5-16(21)10-14;1-20(2)14-23(11-10-17(20)24)19(25)18-21-12-16(13-22-18)9-8-15-6-4-3-5-7-15/h3-5,10-12,17,25H,8-9,13H2,1-2H3;3-7,12-13,17,24H,10-11,14H2,1-2H3. The zero-order valence-corrected chi connectivity index (χ0v) is 29.2. The van der Waals surface area contributed by atoms with Gasteiger partial charge in [0.15, 0.2) is 0 Å². The van der Waals surface area contributed by atoms with Crippen molar-refractivity contribution in [1.29, 1.82) is 0 Å². The Hall–Kier alpha value is -5.49. The number of rotatable bonds is 2. The molecule has 2 aliphatic heterocycles. The van der Waals surface area contributed by atoms with E-state index >= 15 is 0 Å². The first kappa shape index (κ1) is 36.8. The first-order valence-corrected chi connectivity index (χ1v) is 16.7. The van der Waals surface area contributed by atoms with Gasteiger partial charge in [-0.25, -0.2) is 24.3 Å². The number of carbonyl (C=O) groups is 2. The van der Waals surface area contributed by atoms with Crippen molar-refractivity contribution in [3.8, 4) is 23.7 Å². The number of aliphatic hydroxyl groups excluding tert-OH is 2.